The van der Waals surface area contributed by atoms with Crippen molar-refractivity contribution in [1.82, 2.24) is 20.5 Å². The molecule has 0 amide bonds. The van der Waals surface area contributed by atoms with E-state index in [9.17, 15) is 0 Å². The molecule has 0 radical (unpaired) electrons. The summed E-state index contributed by atoms with van der Waals surface area (Å²) < 4.78 is 0. The number of aromatic nitrogens is 1. The summed E-state index contributed by atoms with van der Waals surface area (Å²) in [4.78, 5) is 13.0. The first-order chi connectivity index (χ1) is 11.6. The molecular formula is C18H33N5S. The van der Waals surface area contributed by atoms with Crippen LogP contribution in [0.5, 0.6) is 0 Å². The molecule has 0 saturated carbocycles. The van der Waals surface area contributed by atoms with E-state index >= 15 is 0 Å². The zero-order chi connectivity index (χ0) is 17.4. The molecule has 2 N–H and O–H groups in total. The highest BCUT2D eigenvalue weighted by molar-refractivity contribution is 7.11. The number of nitrogens with zero attached hydrogens (tertiary/aromatic N) is 3. The van der Waals surface area contributed by atoms with Gasteiger partial charge in [0.25, 0.3) is 0 Å². The number of aliphatic imine (C=N–C) groups is 1. The molecule has 1 aliphatic rings. The van der Waals surface area contributed by atoms with Gasteiger partial charge in [0.15, 0.2) is 5.96 Å². The van der Waals surface area contributed by atoms with Gasteiger partial charge in [0.05, 0.1) is 5.01 Å². The van der Waals surface area contributed by atoms with E-state index in [1.807, 2.05) is 6.20 Å². The molecule has 1 saturated heterocycles. The molecular weight excluding hydrogens is 318 g/mol. The van der Waals surface area contributed by atoms with Crippen LogP contribution in [0.25, 0.3) is 0 Å². The molecule has 1 aromatic rings. The maximum atomic E-state index is 4.73. The fourth-order valence-electron chi connectivity index (χ4n) is 3.07. The highest BCUT2D eigenvalue weighted by Gasteiger charge is 2.20. The van der Waals surface area contributed by atoms with Crippen molar-refractivity contribution in [2.75, 3.05) is 32.7 Å². The minimum absolute atomic E-state index is 0.535. The first-order valence-corrected chi connectivity index (χ1v) is 10.1. The van der Waals surface area contributed by atoms with Gasteiger partial charge in [-0.3, -0.25) is 4.99 Å². The maximum Gasteiger partial charge on any atom is 0.191 e. The molecule has 5 nitrogen and oxygen atoms in total. The summed E-state index contributed by atoms with van der Waals surface area (Å²) in [6.45, 7) is 14.1. The van der Waals surface area contributed by atoms with Crippen molar-refractivity contribution in [2.24, 2.45) is 10.9 Å². The van der Waals surface area contributed by atoms with E-state index in [4.69, 9.17) is 4.99 Å². The van der Waals surface area contributed by atoms with Gasteiger partial charge in [0.1, 0.15) is 0 Å². The lowest BCUT2D eigenvalue weighted by atomic mass is 10.0. The molecule has 0 aliphatic carbocycles. The Morgan fingerprint density at radius 1 is 1.42 bits per heavy atom. The predicted molar refractivity (Wildman–Crippen MR) is 104 cm³/mol. The van der Waals surface area contributed by atoms with E-state index < -0.39 is 0 Å². The lowest BCUT2D eigenvalue weighted by Gasteiger charge is -2.34. The summed E-state index contributed by atoms with van der Waals surface area (Å²) in [5, 5.41) is 8.17. The first-order valence-electron chi connectivity index (χ1n) is 9.25. The molecule has 0 aromatic carbocycles. The van der Waals surface area contributed by atoms with Crippen LogP contribution in [0.1, 0.15) is 43.5 Å². The Morgan fingerprint density at radius 2 is 2.17 bits per heavy atom. The van der Waals surface area contributed by atoms with Gasteiger partial charge in [-0.05, 0) is 32.6 Å². The molecule has 1 fully saturated rings. The van der Waals surface area contributed by atoms with E-state index in [-0.39, 0.29) is 0 Å². The highest BCUT2D eigenvalue weighted by atomic mass is 32.1. The third kappa shape index (κ3) is 6.77. The summed E-state index contributed by atoms with van der Waals surface area (Å²) >= 11 is 1.77. The second kappa shape index (κ2) is 9.99. The molecule has 0 bridgehead atoms. The fraction of sp³-hybridized carbons (Fsp3) is 0.778. The van der Waals surface area contributed by atoms with Crippen LogP contribution in [0.3, 0.4) is 0 Å². The van der Waals surface area contributed by atoms with Crippen LogP contribution in [0.2, 0.25) is 0 Å². The number of hydrogen-bond donors (Lipinski definition) is 2. The van der Waals surface area contributed by atoms with Crippen molar-refractivity contribution in [3.8, 4) is 0 Å². The Morgan fingerprint density at radius 3 is 2.75 bits per heavy atom. The van der Waals surface area contributed by atoms with Gasteiger partial charge in [0, 0.05) is 56.3 Å². The van der Waals surface area contributed by atoms with Crippen LogP contribution in [0.4, 0.5) is 0 Å². The monoisotopic (exact) mass is 351 g/mol. The Balaban J connectivity index is 1.77. The quantitative estimate of drug-likeness (QED) is 0.586. The molecule has 0 atom stereocenters. The number of thiazole rings is 1. The molecule has 1 aliphatic heterocycles. The van der Waals surface area contributed by atoms with Crippen molar-refractivity contribution in [3.63, 3.8) is 0 Å². The summed E-state index contributed by atoms with van der Waals surface area (Å²) in [5.74, 6) is 1.70. The molecule has 2 rings (SSSR count). The SMILES string of the molecule is CCNC(=NCCc1ncc(C)s1)NC1CCN(CC(C)C)CC1. The smallest absolute Gasteiger partial charge is 0.191 e. The van der Waals surface area contributed by atoms with E-state index in [1.54, 1.807) is 11.3 Å². The van der Waals surface area contributed by atoms with E-state index in [2.05, 4.69) is 48.2 Å². The summed E-state index contributed by atoms with van der Waals surface area (Å²) in [6, 6.07) is 0.535. The normalized spacial score (nSPS) is 17.5. The summed E-state index contributed by atoms with van der Waals surface area (Å²) in [7, 11) is 0. The zero-order valence-corrected chi connectivity index (χ0v) is 16.5. The van der Waals surface area contributed by atoms with Crippen LogP contribution in [-0.2, 0) is 6.42 Å². The van der Waals surface area contributed by atoms with Crippen LogP contribution < -0.4 is 10.6 Å². The van der Waals surface area contributed by atoms with Crippen LogP contribution in [0.15, 0.2) is 11.2 Å². The molecule has 136 valence electrons. The Hall–Kier alpha value is -1.14. The number of aryl methyl sites for hydroxylation is 1. The van der Waals surface area contributed by atoms with Crippen LogP contribution in [0, 0.1) is 12.8 Å². The van der Waals surface area contributed by atoms with Crippen molar-refractivity contribution >= 4 is 17.3 Å². The molecule has 0 spiro atoms. The number of rotatable bonds is 7. The number of guanidine groups is 1. The van der Waals surface area contributed by atoms with E-state index in [0.29, 0.717) is 6.04 Å². The van der Waals surface area contributed by atoms with E-state index in [1.165, 1.54) is 42.4 Å². The van der Waals surface area contributed by atoms with Gasteiger partial charge < -0.3 is 15.5 Å². The van der Waals surface area contributed by atoms with Gasteiger partial charge in [-0.2, -0.15) is 0 Å². The predicted octanol–water partition coefficient (Wildman–Crippen LogP) is 2.67. The number of piperidine rings is 1. The van der Waals surface area contributed by atoms with Gasteiger partial charge in [-0.1, -0.05) is 13.8 Å². The Kier molecular flexibility index (Phi) is 7.99. The standard InChI is InChI=1S/C18H33N5S/c1-5-19-18(20-9-6-17-21-12-15(4)24-17)22-16-7-10-23(11-8-16)13-14(2)3/h12,14,16H,5-11,13H2,1-4H3,(H2,19,20,22). The molecule has 24 heavy (non-hydrogen) atoms. The minimum atomic E-state index is 0.535. The lowest BCUT2D eigenvalue weighted by molar-refractivity contribution is 0.187. The Bertz CT molecular complexity index is 503. The van der Waals surface area contributed by atoms with Crippen molar-refractivity contribution in [2.45, 2.75) is 53.0 Å². The minimum Gasteiger partial charge on any atom is -0.357 e. The third-order valence-electron chi connectivity index (χ3n) is 4.16. The van der Waals surface area contributed by atoms with Crippen molar-refractivity contribution in [3.05, 3.63) is 16.1 Å². The molecule has 6 heteroatoms. The molecule has 1 aromatic heterocycles. The molecule has 2 heterocycles. The van der Waals surface area contributed by atoms with Gasteiger partial charge in [0.2, 0.25) is 0 Å². The average Bonchev–Trinajstić information content (AvgIpc) is 2.94. The second-order valence-corrected chi connectivity index (χ2v) is 8.31. The van der Waals surface area contributed by atoms with Gasteiger partial charge >= 0.3 is 0 Å². The zero-order valence-electron chi connectivity index (χ0n) is 15.6. The molecule has 0 unspecified atom stereocenters. The third-order valence-corrected chi connectivity index (χ3v) is 5.13. The average molecular weight is 352 g/mol. The van der Waals surface area contributed by atoms with Crippen LogP contribution in [-0.4, -0.2) is 54.6 Å². The lowest BCUT2D eigenvalue weighted by Crippen LogP contribution is -2.49. The first kappa shape index (κ1) is 19.2. The number of hydrogen-bond acceptors (Lipinski definition) is 4. The topological polar surface area (TPSA) is 52.6 Å². The van der Waals surface area contributed by atoms with Gasteiger partial charge in [-0.25, -0.2) is 4.98 Å². The number of nitrogens with one attached hydrogen (secondary N) is 2. The van der Waals surface area contributed by atoms with Crippen LogP contribution >= 0.6 is 11.3 Å². The summed E-state index contributed by atoms with van der Waals surface area (Å²) in [5.41, 5.74) is 0. The Labute approximate surface area is 151 Å². The van der Waals surface area contributed by atoms with E-state index in [0.717, 1.165) is 31.4 Å². The van der Waals surface area contributed by atoms with Gasteiger partial charge in [-0.15, -0.1) is 11.3 Å². The fourth-order valence-corrected chi connectivity index (χ4v) is 3.85. The highest BCUT2D eigenvalue weighted by Crippen LogP contribution is 2.13. The van der Waals surface area contributed by atoms with Crippen molar-refractivity contribution in [1.29, 1.82) is 0 Å². The largest absolute Gasteiger partial charge is 0.357 e. The van der Waals surface area contributed by atoms with Crippen molar-refractivity contribution < 1.29 is 0 Å². The summed E-state index contributed by atoms with van der Waals surface area (Å²) in [6.07, 6.45) is 5.26. The number of likely N-dealkylation sites (tertiary alicyclic amines) is 1. The second-order valence-electron chi connectivity index (χ2n) is 6.99. The maximum absolute atomic E-state index is 4.73.